The molecule has 4 rings (SSSR count). The van der Waals surface area contributed by atoms with E-state index in [2.05, 4.69) is 15.2 Å². The summed E-state index contributed by atoms with van der Waals surface area (Å²) in [7, 11) is 0. The van der Waals surface area contributed by atoms with Gasteiger partial charge in [0, 0.05) is 29.2 Å². The fraction of sp³-hybridized carbons (Fsp3) is 0.211. The highest BCUT2D eigenvalue weighted by atomic mass is 32.2. The number of hydrogen-bond acceptors (Lipinski definition) is 5. The summed E-state index contributed by atoms with van der Waals surface area (Å²) < 4.78 is 7.39. The van der Waals surface area contributed by atoms with E-state index in [1.54, 1.807) is 12.5 Å². The second-order valence-corrected chi connectivity index (χ2v) is 7.21. The number of benzene rings is 1. The monoisotopic (exact) mass is 366 g/mol. The van der Waals surface area contributed by atoms with Crippen molar-refractivity contribution < 1.29 is 9.21 Å². The van der Waals surface area contributed by atoms with Gasteiger partial charge in [0.1, 0.15) is 0 Å². The molecular formula is C19H18N4O2S. The van der Waals surface area contributed by atoms with Crippen LogP contribution in [0.5, 0.6) is 0 Å². The topological polar surface area (TPSA) is 76.7 Å². The van der Waals surface area contributed by atoms with Gasteiger partial charge in [-0.3, -0.25) is 9.36 Å². The molecule has 0 aliphatic rings. The quantitative estimate of drug-likeness (QED) is 0.404. The molecular weight excluding hydrogens is 348 g/mol. The predicted octanol–water partition coefficient (Wildman–Crippen LogP) is 4.40. The number of para-hydroxylation sites is 1. The molecule has 1 unspecified atom stereocenters. The Kier molecular flexibility index (Phi) is 4.38. The first-order valence-electron chi connectivity index (χ1n) is 8.43. The Labute approximate surface area is 154 Å². The summed E-state index contributed by atoms with van der Waals surface area (Å²) >= 11 is 1.41. The zero-order chi connectivity index (χ0) is 18.1. The molecule has 3 aromatic heterocycles. The van der Waals surface area contributed by atoms with E-state index in [1.165, 1.54) is 11.8 Å². The largest absolute Gasteiger partial charge is 0.461 e. The summed E-state index contributed by atoms with van der Waals surface area (Å²) in [4.78, 5) is 16.1. The van der Waals surface area contributed by atoms with Crippen LogP contribution in [0.4, 0.5) is 0 Å². The van der Waals surface area contributed by atoms with Gasteiger partial charge in [-0.05, 0) is 32.0 Å². The molecule has 0 saturated heterocycles. The lowest BCUT2D eigenvalue weighted by Crippen LogP contribution is -2.14. The third-order valence-corrected chi connectivity index (χ3v) is 5.36. The number of Topliss-reactive ketones (excluding diaryl/α,β-unsaturated/α-hetero) is 1. The maximum atomic E-state index is 12.9. The molecule has 26 heavy (non-hydrogen) atoms. The smallest absolute Gasteiger partial charge is 0.200 e. The minimum absolute atomic E-state index is 0.0673. The summed E-state index contributed by atoms with van der Waals surface area (Å²) in [5.41, 5.74) is 1.67. The lowest BCUT2D eigenvalue weighted by molar-refractivity contribution is 0.0995. The number of hydrogen-bond donors (Lipinski definition) is 1. The number of carbonyl (C=O) groups is 1. The highest BCUT2D eigenvalue weighted by molar-refractivity contribution is 8.00. The van der Waals surface area contributed by atoms with E-state index in [4.69, 9.17) is 4.42 Å². The van der Waals surface area contributed by atoms with E-state index in [0.29, 0.717) is 28.8 Å². The number of fused-ring (bicyclic) bond motifs is 1. The van der Waals surface area contributed by atoms with Crippen molar-refractivity contribution in [1.82, 2.24) is 19.7 Å². The molecule has 132 valence electrons. The van der Waals surface area contributed by atoms with E-state index >= 15 is 0 Å². The lowest BCUT2D eigenvalue weighted by atomic mass is 10.1. The number of thioether (sulfide) groups is 1. The van der Waals surface area contributed by atoms with Gasteiger partial charge in [-0.15, -0.1) is 10.2 Å². The molecule has 6 nitrogen and oxygen atoms in total. The maximum Gasteiger partial charge on any atom is 0.200 e. The molecule has 0 saturated carbocycles. The van der Waals surface area contributed by atoms with E-state index in [0.717, 1.165) is 10.9 Å². The van der Waals surface area contributed by atoms with Crippen LogP contribution in [-0.2, 0) is 6.54 Å². The summed E-state index contributed by atoms with van der Waals surface area (Å²) in [5.74, 6) is 1.41. The summed E-state index contributed by atoms with van der Waals surface area (Å²) in [6, 6.07) is 11.5. The SMILES string of the molecule is CCn1c(SC(C)C(=O)c2c[nH]c3ccccc23)nnc1-c1ccco1. The average molecular weight is 366 g/mol. The average Bonchev–Trinajstić information content (AvgIpc) is 3.39. The Bertz CT molecular complexity index is 1050. The van der Waals surface area contributed by atoms with Crippen molar-refractivity contribution in [2.75, 3.05) is 0 Å². The third kappa shape index (κ3) is 2.84. The van der Waals surface area contributed by atoms with Gasteiger partial charge in [-0.2, -0.15) is 0 Å². The fourth-order valence-electron chi connectivity index (χ4n) is 2.95. The fourth-order valence-corrected chi connectivity index (χ4v) is 3.94. The zero-order valence-electron chi connectivity index (χ0n) is 14.5. The Morgan fingerprint density at radius 3 is 2.88 bits per heavy atom. The number of nitrogens with one attached hydrogen (secondary N) is 1. The molecule has 1 N–H and O–H groups in total. The van der Waals surface area contributed by atoms with Crippen molar-refractivity contribution in [2.45, 2.75) is 30.8 Å². The van der Waals surface area contributed by atoms with Crippen molar-refractivity contribution in [3.63, 3.8) is 0 Å². The summed E-state index contributed by atoms with van der Waals surface area (Å²) in [6.07, 6.45) is 3.39. The lowest BCUT2D eigenvalue weighted by Gasteiger charge is -2.10. The van der Waals surface area contributed by atoms with Gasteiger partial charge in [0.25, 0.3) is 0 Å². The van der Waals surface area contributed by atoms with Gasteiger partial charge in [0.2, 0.25) is 0 Å². The molecule has 0 fully saturated rings. The minimum atomic E-state index is -0.284. The van der Waals surface area contributed by atoms with Crippen molar-refractivity contribution in [3.05, 3.63) is 54.4 Å². The predicted molar refractivity (Wildman–Crippen MR) is 101 cm³/mol. The Morgan fingerprint density at radius 2 is 2.12 bits per heavy atom. The van der Waals surface area contributed by atoms with E-state index in [9.17, 15) is 4.79 Å². The van der Waals surface area contributed by atoms with Crippen molar-refractivity contribution in [3.8, 4) is 11.6 Å². The number of nitrogens with zero attached hydrogens (tertiary/aromatic N) is 3. The molecule has 0 amide bonds. The molecule has 0 bridgehead atoms. The van der Waals surface area contributed by atoms with Crippen LogP contribution in [0.15, 0.2) is 58.4 Å². The number of rotatable bonds is 6. The van der Waals surface area contributed by atoms with Crippen LogP contribution in [0.3, 0.4) is 0 Å². The van der Waals surface area contributed by atoms with E-state index < -0.39 is 0 Å². The van der Waals surface area contributed by atoms with Gasteiger partial charge in [0.05, 0.1) is 11.5 Å². The highest BCUT2D eigenvalue weighted by Crippen LogP contribution is 2.30. The van der Waals surface area contributed by atoms with Crippen molar-refractivity contribution >= 4 is 28.4 Å². The van der Waals surface area contributed by atoms with Gasteiger partial charge in [0.15, 0.2) is 22.5 Å². The first-order valence-corrected chi connectivity index (χ1v) is 9.31. The zero-order valence-corrected chi connectivity index (χ0v) is 15.3. The van der Waals surface area contributed by atoms with Gasteiger partial charge < -0.3 is 9.40 Å². The normalized spacial score (nSPS) is 12.5. The van der Waals surface area contributed by atoms with Crippen molar-refractivity contribution in [2.24, 2.45) is 0 Å². The van der Waals surface area contributed by atoms with E-state index in [-0.39, 0.29) is 11.0 Å². The van der Waals surface area contributed by atoms with Gasteiger partial charge in [-0.25, -0.2) is 0 Å². The van der Waals surface area contributed by atoms with Crippen LogP contribution in [0.2, 0.25) is 0 Å². The first kappa shape index (κ1) is 16.7. The molecule has 7 heteroatoms. The Balaban J connectivity index is 1.60. The Morgan fingerprint density at radius 1 is 1.27 bits per heavy atom. The van der Waals surface area contributed by atoms with Crippen LogP contribution < -0.4 is 0 Å². The summed E-state index contributed by atoms with van der Waals surface area (Å²) in [5, 5.41) is 9.87. The molecule has 1 aromatic carbocycles. The van der Waals surface area contributed by atoms with Crippen LogP contribution in [0.25, 0.3) is 22.5 Å². The molecule has 1 atom stereocenters. The second-order valence-electron chi connectivity index (χ2n) is 5.90. The van der Waals surface area contributed by atoms with Gasteiger partial charge >= 0.3 is 0 Å². The molecule has 0 aliphatic heterocycles. The number of ketones is 1. The second kappa shape index (κ2) is 6.84. The minimum Gasteiger partial charge on any atom is -0.461 e. The van der Waals surface area contributed by atoms with Crippen LogP contribution >= 0.6 is 11.8 Å². The maximum absolute atomic E-state index is 12.9. The number of carbonyl (C=O) groups excluding carboxylic acids is 1. The third-order valence-electron chi connectivity index (χ3n) is 4.28. The van der Waals surface area contributed by atoms with Crippen LogP contribution in [0.1, 0.15) is 24.2 Å². The number of aromatic nitrogens is 4. The van der Waals surface area contributed by atoms with Crippen LogP contribution in [0, 0.1) is 0 Å². The standard InChI is InChI=1S/C19H18N4O2S/c1-3-23-18(16-9-6-10-25-16)21-22-19(23)26-12(2)17(24)14-11-20-15-8-5-4-7-13(14)15/h4-12,20H,3H2,1-2H3. The van der Waals surface area contributed by atoms with Crippen LogP contribution in [-0.4, -0.2) is 30.8 Å². The number of aromatic amines is 1. The number of furan rings is 1. The molecule has 0 spiro atoms. The molecule has 4 aromatic rings. The summed E-state index contributed by atoms with van der Waals surface area (Å²) in [6.45, 7) is 4.61. The highest BCUT2D eigenvalue weighted by Gasteiger charge is 2.23. The van der Waals surface area contributed by atoms with E-state index in [1.807, 2.05) is 54.8 Å². The van der Waals surface area contributed by atoms with Crippen molar-refractivity contribution in [1.29, 1.82) is 0 Å². The molecule has 0 radical (unpaired) electrons. The molecule has 0 aliphatic carbocycles. The Hall–Kier alpha value is -2.80. The van der Waals surface area contributed by atoms with Gasteiger partial charge in [-0.1, -0.05) is 30.0 Å². The first-order chi connectivity index (χ1) is 12.7. The molecule has 3 heterocycles. The number of H-pyrrole nitrogens is 1.